The second-order valence-electron chi connectivity index (χ2n) is 8.97. The van der Waals surface area contributed by atoms with E-state index in [1.165, 1.54) is 18.2 Å². The number of unbranched alkanes of at least 4 members (excludes halogenated alkanes) is 1. The van der Waals surface area contributed by atoms with Crippen molar-refractivity contribution in [3.05, 3.63) is 53.3 Å². The molecule has 0 aliphatic carbocycles. The fourth-order valence-corrected chi connectivity index (χ4v) is 4.84. The molecule has 2 aromatic heterocycles. The predicted molar refractivity (Wildman–Crippen MR) is 152 cm³/mol. The molecule has 4 rings (SSSR count). The number of rotatable bonds is 13. The Balaban J connectivity index is 1.78. The highest BCUT2D eigenvalue weighted by Crippen LogP contribution is 2.39. The zero-order valence-electron chi connectivity index (χ0n) is 21.4. The summed E-state index contributed by atoms with van der Waals surface area (Å²) >= 11 is 4.56. The molecule has 2 aromatic carbocycles. The topological polar surface area (TPSA) is 165 Å². The van der Waals surface area contributed by atoms with Crippen LogP contribution in [0.25, 0.3) is 21.9 Å². The molecule has 5 N–H and O–H groups in total. The lowest BCUT2D eigenvalue weighted by atomic mass is 10.1. The summed E-state index contributed by atoms with van der Waals surface area (Å²) in [6.07, 6.45) is 3.18. The van der Waals surface area contributed by atoms with Crippen LogP contribution in [0.15, 0.2) is 41.4 Å². The molecule has 4 aromatic rings. The highest BCUT2D eigenvalue weighted by molar-refractivity contribution is 7.78. The van der Waals surface area contributed by atoms with E-state index in [-0.39, 0.29) is 18.0 Å². The molecule has 0 aliphatic rings. The average Bonchev–Trinajstić information content (AvgIpc) is 3.25. The number of hydrogen-bond acceptors (Lipinski definition) is 9. The molecule has 11 nitrogen and oxygen atoms in total. The maximum absolute atomic E-state index is 11.4. The van der Waals surface area contributed by atoms with Gasteiger partial charge in [0, 0.05) is 17.4 Å². The summed E-state index contributed by atoms with van der Waals surface area (Å²) in [5.41, 5.74) is 9.81. The maximum atomic E-state index is 11.4. The largest absolute Gasteiger partial charge is 0.524 e. The number of phosphoric acid groups is 1. The molecule has 0 aliphatic heterocycles. The highest BCUT2D eigenvalue weighted by atomic mass is 32.1. The van der Waals surface area contributed by atoms with Crippen molar-refractivity contribution in [3.63, 3.8) is 0 Å². The van der Waals surface area contributed by atoms with Crippen LogP contribution in [0.3, 0.4) is 0 Å². The number of thiocarbonyl (C=S) groups is 1. The maximum Gasteiger partial charge on any atom is 0.524 e. The van der Waals surface area contributed by atoms with Crippen LogP contribution < -0.4 is 10.3 Å². The van der Waals surface area contributed by atoms with Crippen LogP contribution in [0, 0.1) is 0 Å². The number of nitrogens with zero attached hydrogens (tertiary/aromatic N) is 4. The number of isothiocyanates is 1. The van der Waals surface area contributed by atoms with Gasteiger partial charge in [-0.05, 0) is 61.0 Å². The molecule has 39 heavy (non-hydrogen) atoms. The Morgan fingerprint density at radius 2 is 1.97 bits per heavy atom. The summed E-state index contributed by atoms with van der Waals surface area (Å²) in [7, 11) is -4.77. The number of aromatic hydroxyl groups is 1. The Labute approximate surface area is 230 Å². The molecule has 0 fully saturated rings. The van der Waals surface area contributed by atoms with Gasteiger partial charge in [0.15, 0.2) is 5.82 Å². The number of aromatic nitrogens is 3. The van der Waals surface area contributed by atoms with E-state index in [1.807, 2.05) is 22.8 Å². The lowest BCUT2D eigenvalue weighted by molar-refractivity contribution is 0.145. The molecule has 0 amide bonds. The Kier molecular flexibility index (Phi) is 9.29. The number of benzene rings is 2. The Hall–Kier alpha value is -3.37. The van der Waals surface area contributed by atoms with Crippen molar-refractivity contribution in [1.29, 1.82) is 0 Å². The number of aliphatic imine (C=N–C) groups is 1. The smallest absolute Gasteiger partial charge is 0.508 e. The fourth-order valence-electron chi connectivity index (χ4n) is 4.36. The molecule has 13 heteroatoms. The molecule has 0 bridgehead atoms. The van der Waals surface area contributed by atoms with Gasteiger partial charge in [-0.25, -0.2) is 19.5 Å². The van der Waals surface area contributed by atoms with Crippen LogP contribution in [0.4, 0.5) is 5.82 Å². The SMILES string of the molecule is CCCCc1nc2c(N)nc3ccc(CCOCCN=C=S)cc3c2n1Cc1cc(OP(=O)(O)O)ccc1O. The van der Waals surface area contributed by atoms with Crippen molar-refractivity contribution in [3.8, 4) is 11.5 Å². The molecule has 0 unspecified atom stereocenters. The Bertz CT molecular complexity index is 1580. The second-order valence-corrected chi connectivity index (χ2v) is 10.3. The molecule has 0 spiro atoms. The van der Waals surface area contributed by atoms with Gasteiger partial charge >= 0.3 is 7.82 Å². The molecule has 2 heterocycles. The Morgan fingerprint density at radius 3 is 2.72 bits per heavy atom. The lowest BCUT2D eigenvalue weighted by Gasteiger charge is -2.14. The van der Waals surface area contributed by atoms with E-state index in [1.54, 1.807) is 0 Å². The zero-order valence-corrected chi connectivity index (χ0v) is 23.1. The van der Waals surface area contributed by atoms with Crippen molar-refractivity contribution in [1.82, 2.24) is 14.5 Å². The first-order valence-electron chi connectivity index (χ1n) is 12.5. The number of aryl methyl sites for hydroxylation is 1. The van der Waals surface area contributed by atoms with Gasteiger partial charge in [-0.3, -0.25) is 9.79 Å². The average molecular weight is 572 g/mol. The van der Waals surface area contributed by atoms with Crippen LogP contribution in [-0.2, 0) is 28.7 Å². The number of phenols is 1. The normalized spacial score (nSPS) is 11.7. The number of fused-ring (bicyclic) bond motifs is 3. The number of imidazole rings is 1. The number of nitrogen functional groups attached to an aromatic ring is 1. The van der Waals surface area contributed by atoms with E-state index >= 15 is 0 Å². The van der Waals surface area contributed by atoms with Gasteiger partial charge in [0.25, 0.3) is 0 Å². The van der Waals surface area contributed by atoms with Gasteiger partial charge in [0.05, 0.1) is 42.5 Å². The van der Waals surface area contributed by atoms with Crippen LogP contribution in [0.2, 0.25) is 0 Å². The number of phenolic OH excluding ortho intramolecular Hbond substituents is 1. The van der Waals surface area contributed by atoms with Crippen molar-refractivity contribution < 1.29 is 28.7 Å². The van der Waals surface area contributed by atoms with Crippen LogP contribution >= 0.6 is 20.0 Å². The first kappa shape index (κ1) is 28.6. The van der Waals surface area contributed by atoms with E-state index in [0.717, 1.165) is 35.1 Å². The molecular formula is C26H30N5O6PS. The number of nitrogens with two attached hydrogens (primary N) is 1. The van der Waals surface area contributed by atoms with Crippen LogP contribution in [-0.4, -0.2) is 54.3 Å². The molecule has 206 valence electrons. The zero-order chi connectivity index (χ0) is 28.0. The van der Waals surface area contributed by atoms with Crippen molar-refractivity contribution in [2.75, 3.05) is 25.5 Å². The van der Waals surface area contributed by atoms with Crippen molar-refractivity contribution in [2.24, 2.45) is 4.99 Å². The van der Waals surface area contributed by atoms with Crippen LogP contribution in [0.5, 0.6) is 11.5 Å². The molecule has 0 atom stereocenters. The van der Waals surface area contributed by atoms with E-state index < -0.39 is 7.82 Å². The first-order valence-corrected chi connectivity index (χ1v) is 14.4. The first-order chi connectivity index (χ1) is 18.7. The monoisotopic (exact) mass is 571 g/mol. The number of ether oxygens (including phenoxy) is 1. The highest BCUT2D eigenvalue weighted by Gasteiger charge is 2.21. The lowest BCUT2D eigenvalue weighted by Crippen LogP contribution is -2.07. The van der Waals surface area contributed by atoms with Crippen LogP contribution in [0.1, 0.15) is 36.7 Å². The van der Waals surface area contributed by atoms with Gasteiger partial charge in [-0.1, -0.05) is 19.4 Å². The number of hydrogen-bond donors (Lipinski definition) is 4. The molecular weight excluding hydrogens is 541 g/mol. The number of phosphoric ester groups is 1. The third kappa shape index (κ3) is 7.19. The number of pyridine rings is 1. The summed E-state index contributed by atoms with van der Waals surface area (Å²) in [5, 5.41) is 13.8. The van der Waals surface area contributed by atoms with Gasteiger partial charge in [-0.2, -0.15) is 0 Å². The van der Waals surface area contributed by atoms with E-state index in [2.05, 4.69) is 34.3 Å². The van der Waals surface area contributed by atoms with Crippen molar-refractivity contribution >= 4 is 53.0 Å². The molecule has 0 radical (unpaired) electrons. The molecule has 0 saturated heterocycles. The van der Waals surface area contributed by atoms with Crippen molar-refractivity contribution in [2.45, 2.75) is 39.2 Å². The third-order valence-corrected chi connectivity index (χ3v) is 6.73. The molecule has 0 saturated carbocycles. The second kappa shape index (κ2) is 12.7. The predicted octanol–water partition coefficient (Wildman–Crippen LogP) is 4.40. The summed E-state index contributed by atoms with van der Waals surface area (Å²) < 4.78 is 23.7. The van der Waals surface area contributed by atoms with Gasteiger partial charge < -0.3 is 24.7 Å². The Morgan fingerprint density at radius 1 is 1.15 bits per heavy atom. The third-order valence-electron chi connectivity index (χ3n) is 6.15. The minimum Gasteiger partial charge on any atom is -0.508 e. The summed E-state index contributed by atoms with van der Waals surface area (Å²) in [5.74, 6) is 0.965. The van der Waals surface area contributed by atoms with E-state index in [9.17, 15) is 19.5 Å². The van der Waals surface area contributed by atoms with Gasteiger partial charge in [0.2, 0.25) is 0 Å². The summed E-state index contributed by atoms with van der Waals surface area (Å²) in [4.78, 5) is 31.7. The van der Waals surface area contributed by atoms with Gasteiger partial charge in [0.1, 0.15) is 22.8 Å². The fraction of sp³-hybridized carbons (Fsp3) is 0.346. The minimum atomic E-state index is -4.77. The van der Waals surface area contributed by atoms with Gasteiger partial charge in [-0.15, -0.1) is 0 Å². The van der Waals surface area contributed by atoms with E-state index in [0.29, 0.717) is 55.0 Å². The summed E-state index contributed by atoms with van der Waals surface area (Å²) in [6, 6.07) is 9.98. The summed E-state index contributed by atoms with van der Waals surface area (Å²) in [6.45, 7) is 3.69. The quantitative estimate of drug-likeness (QED) is 0.0782. The number of anilines is 1. The van der Waals surface area contributed by atoms with E-state index in [4.69, 9.17) is 20.0 Å². The standard InChI is InChI=1S/C26H30N5O6PS/c1-2-3-4-23-30-24-25(31(23)15-18-14-19(6-8-22(18)32)37-38(33,34)35)20-13-17(5-7-21(20)29-26(24)27)9-11-36-12-10-28-16-39/h5-8,13-14,32H,2-4,9-12,15H2,1H3,(H2,27,29)(H2,33,34,35). The minimum absolute atomic E-state index is 0.0431.